The van der Waals surface area contributed by atoms with Crippen molar-refractivity contribution in [2.75, 3.05) is 0 Å². The second-order valence-electron chi connectivity index (χ2n) is 7.37. The number of aromatic nitrogens is 2. The zero-order valence-electron chi connectivity index (χ0n) is 17.8. The van der Waals surface area contributed by atoms with Crippen LogP contribution in [0.2, 0.25) is 5.02 Å². The van der Waals surface area contributed by atoms with Crippen molar-refractivity contribution in [3.63, 3.8) is 0 Å². The number of aliphatic hydroxyl groups is 1. The van der Waals surface area contributed by atoms with Gasteiger partial charge in [0.2, 0.25) is 0 Å². The van der Waals surface area contributed by atoms with Crippen molar-refractivity contribution in [3.05, 3.63) is 92.1 Å². The minimum absolute atomic E-state index is 0.0335. The highest BCUT2D eigenvalue weighted by Crippen LogP contribution is 2.23. The zero-order chi connectivity index (χ0) is 23.1. The van der Waals surface area contributed by atoms with Gasteiger partial charge in [0, 0.05) is 18.2 Å². The summed E-state index contributed by atoms with van der Waals surface area (Å²) in [5.74, 6) is 0.197. The minimum Gasteiger partial charge on any atom is -0.489 e. The number of ether oxygens (including phenoxy) is 1. The van der Waals surface area contributed by atoms with Crippen molar-refractivity contribution in [2.45, 2.75) is 45.9 Å². The molecule has 32 heavy (non-hydrogen) atoms. The van der Waals surface area contributed by atoms with Gasteiger partial charge in [0.15, 0.2) is 0 Å². The molecule has 3 aromatic rings. The summed E-state index contributed by atoms with van der Waals surface area (Å²) in [6.45, 7) is 2.19. The lowest BCUT2D eigenvalue weighted by atomic mass is 10.1. The molecule has 1 aromatic heterocycles. The molecule has 0 spiro atoms. The lowest BCUT2D eigenvalue weighted by Crippen LogP contribution is -2.28. The van der Waals surface area contributed by atoms with Crippen LogP contribution in [0.3, 0.4) is 0 Å². The van der Waals surface area contributed by atoms with Crippen LogP contribution in [-0.4, -0.2) is 25.7 Å². The van der Waals surface area contributed by atoms with Crippen molar-refractivity contribution >= 4 is 17.6 Å². The molecule has 1 heterocycles. The predicted octanol–water partition coefficient (Wildman–Crippen LogP) is 4.06. The number of unbranched alkanes of at least 4 members (excludes halogenated alkanes) is 1. The van der Waals surface area contributed by atoms with Gasteiger partial charge < -0.3 is 14.9 Å². The summed E-state index contributed by atoms with van der Waals surface area (Å²) in [5.41, 5.74) is 1.54. The van der Waals surface area contributed by atoms with E-state index >= 15 is 0 Å². The number of rotatable bonds is 10. The molecule has 0 atom stereocenters. The van der Waals surface area contributed by atoms with Gasteiger partial charge in [-0.2, -0.15) is 0 Å². The normalized spacial score (nSPS) is 10.8. The number of carbonyl (C=O) groups is 1. The van der Waals surface area contributed by atoms with E-state index in [4.69, 9.17) is 16.3 Å². The van der Waals surface area contributed by atoms with Crippen LogP contribution in [0.15, 0.2) is 53.5 Å². The number of benzene rings is 2. The fourth-order valence-corrected chi connectivity index (χ4v) is 3.53. The Morgan fingerprint density at radius 2 is 1.91 bits per heavy atom. The summed E-state index contributed by atoms with van der Waals surface area (Å²) in [6.07, 6.45) is 4.05. The average molecular weight is 457 g/mol. The number of hydrogen-bond acceptors (Lipinski definition) is 5. The molecule has 0 saturated carbocycles. The molecule has 0 radical (unpaired) electrons. The Bertz CT molecular complexity index is 1140. The minimum atomic E-state index is -1.09. The van der Waals surface area contributed by atoms with Crippen LogP contribution >= 0.6 is 11.6 Å². The number of aromatic carboxylic acids is 1. The molecule has 0 aliphatic rings. The molecule has 0 amide bonds. The Morgan fingerprint density at radius 1 is 1.16 bits per heavy atom. The number of aliphatic hydroxyl groups excluding tert-OH is 1. The first kappa shape index (κ1) is 23.5. The maximum Gasteiger partial charge on any atom is 0.337 e. The third kappa shape index (κ3) is 5.55. The van der Waals surface area contributed by atoms with Gasteiger partial charge >= 0.3 is 5.97 Å². The first-order valence-corrected chi connectivity index (χ1v) is 10.7. The first-order valence-electron chi connectivity index (χ1n) is 10.4. The number of carboxylic acids is 1. The SMILES string of the molecule is CCCCc1ncc(CO)c(=O)n1Cc1ccc(OCc2cccc(C(=O)O)c2Cl)cc1. The van der Waals surface area contributed by atoms with E-state index in [0.29, 0.717) is 30.1 Å². The molecule has 3 rings (SSSR count). The molecule has 2 aromatic carbocycles. The second-order valence-corrected chi connectivity index (χ2v) is 7.75. The number of hydrogen-bond donors (Lipinski definition) is 2. The second kappa shape index (κ2) is 10.9. The van der Waals surface area contributed by atoms with E-state index in [1.807, 2.05) is 12.1 Å². The summed E-state index contributed by atoms with van der Waals surface area (Å²) in [6, 6.07) is 12.1. The smallest absolute Gasteiger partial charge is 0.337 e. The van der Waals surface area contributed by atoms with E-state index in [0.717, 1.165) is 18.4 Å². The van der Waals surface area contributed by atoms with E-state index in [-0.39, 0.29) is 34.9 Å². The largest absolute Gasteiger partial charge is 0.489 e. The van der Waals surface area contributed by atoms with Gasteiger partial charge in [0.25, 0.3) is 5.56 Å². The van der Waals surface area contributed by atoms with Crippen molar-refractivity contribution in [2.24, 2.45) is 0 Å². The number of carboxylic acid groups (broad SMARTS) is 1. The Kier molecular flexibility index (Phi) is 8.03. The average Bonchev–Trinajstić information content (AvgIpc) is 2.79. The van der Waals surface area contributed by atoms with Gasteiger partial charge in [-0.3, -0.25) is 9.36 Å². The van der Waals surface area contributed by atoms with Crippen LogP contribution in [-0.2, 0) is 26.2 Å². The molecule has 0 saturated heterocycles. The van der Waals surface area contributed by atoms with Crippen molar-refractivity contribution < 1.29 is 19.7 Å². The fourth-order valence-electron chi connectivity index (χ4n) is 3.27. The Morgan fingerprint density at radius 3 is 2.56 bits per heavy atom. The molecule has 0 bridgehead atoms. The fraction of sp³-hybridized carbons (Fsp3) is 0.292. The van der Waals surface area contributed by atoms with E-state index in [9.17, 15) is 19.8 Å². The van der Waals surface area contributed by atoms with Gasteiger partial charge in [0.1, 0.15) is 18.2 Å². The predicted molar refractivity (Wildman–Crippen MR) is 121 cm³/mol. The molecule has 7 nitrogen and oxygen atoms in total. The number of halogens is 1. The summed E-state index contributed by atoms with van der Waals surface area (Å²) in [4.78, 5) is 28.3. The molecule has 8 heteroatoms. The maximum absolute atomic E-state index is 12.7. The Hall–Kier alpha value is -3.16. The summed E-state index contributed by atoms with van der Waals surface area (Å²) < 4.78 is 7.36. The van der Waals surface area contributed by atoms with Crippen molar-refractivity contribution in [3.8, 4) is 5.75 Å². The van der Waals surface area contributed by atoms with Gasteiger partial charge in [0.05, 0.1) is 29.3 Å². The van der Waals surface area contributed by atoms with E-state index in [1.54, 1.807) is 28.8 Å². The van der Waals surface area contributed by atoms with E-state index in [2.05, 4.69) is 11.9 Å². The number of aryl methyl sites for hydroxylation is 1. The van der Waals surface area contributed by atoms with Crippen LogP contribution in [0.1, 0.15) is 52.6 Å². The highest BCUT2D eigenvalue weighted by atomic mass is 35.5. The van der Waals surface area contributed by atoms with Crippen molar-refractivity contribution in [1.82, 2.24) is 9.55 Å². The molecule has 2 N–H and O–H groups in total. The van der Waals surface area contributed by atoms with Crippen LogP contribution in [0.25, 0.3) is 0 Å². The molecular weight excluding hydrogens is 432 g/mol. The van der Waals surface area contributed by atoms with Gasteiger partial charge in [-0.25, -0.2) is 9.78 Å². The topological polar surface area (TPSA) is 102 Å². The summed E-state index contributed by atoms with van der Waals surface area (Å²) >= 11 is 6.16. The highest BCUT2D eigenvalue weighted by Gasteiger charge is 2.13. The molecule has 0 aliphatic carbocycles. The van der Waals surface area contributed by atoms with Crippen LogP contribution in [0.5, 0.6) is 5.75 Å². The zero-order valence-corrected chi connectivity index (χ0v) is 18.5. The molecule has 0 aliphatic heterocycles. The molecular formula is C24H25ClN2O5. The molecule has 0 fully saturated rings. The van der Waals surface area contributed by atoms with Crippen molar-refractivity contribution in [1.29, 1.82) is 0 Å². The van der Waals surface area contributed by atoms with E-state index in [1.165, 1.54) is 12.3 Å². The monoisotopic (exact) mass is 456 g/mol. The number of nitrogens with zero attached hydrogens (tertiary/aromatic N) is 2. The summed E-state index contributed by atoms with van der Waals surface area (Å²) in [7, 11) is 0. The highest BCUT2D eigenvalue weighted by molar-refractivity contribution is 6.34. The first-order chi connectivity index (χ1) is 15.4. The maximum atomic E-state index is 12.7. The third-order valence-electron chi connectivity index (χ3n) is 5.09. The van der Waals surface area contributed by atoms with E-state index < -0.39 is 5.97 Å². The van der Waals surface area contributed by atoms with Gasteiger partial charge in [-0.05, 0) is 30.2 Å². The standard InChI is InChI=1S/C24H25ClN2O5/c1-2-3-7-21-26-12-18(14-28)23(29)27(21)13-16-8-10-19(11-9-16)32-15-17-5-4-6-20(22(17)25)24(30)31/h4-6,8-12,28H,2-3,7,13-15H2,1H3,(H,30,31). The quantitative estimate of drug-likeness (QED) is 0.477. The molecule has 0 unspecified atom stereocenters. The van der Waals surface area contributed by atoms with Gasteiger partial charge in [-0.15, -0.1) is 0 Å². The van der Waals surface area contributed by atoms with Crippen LogP contribution in [0.4, 0.5) is 0 Å². The molecule has 168 valence electrons. The van der Waals surface area contributed by atoms with Crippen LogP contribution in [0, 0.1) is 0 Å². The lowest BCUT2D eigenvalue weighted by molar-refractivity contribution is 0.0697. The lowest BCUT2D eigenvalue weighted by Gasteiger charge is -2.14. The Labute approximate surface area is 190 Å². The Balaban J connectivity index is 1.74. The van der Waals surface area contributed by atoms with Crippen LogP contribution < -0.4 is 10.3 Å². The van der Waals surface area contributed by atoms with Gasteiger partial charge in [-0.1, -0.05) is 49.2 Å². The summed E-state index contributed by atoms with van der Waals surface area (Å²) in [5, 5.41) is 18.8. The third-order valence-corrected chi connectivity index (χ3v) is 5.54.